The van der Waals surface area contributed by atoms with E-state index in [1.54, 1.807) is 0 Å². The fraction of sp³-hybridized carbons (Fsp3) is 0.143. The van der Waals surface area contributed by atoms with Crippen molar-refractivity contribution in [2.24, 2.45) is 5.73 Å². The second-order valence-corrected chi connectivity index (χ2v) is 5.52. The third-order valence-corrected chi connectivity index (χ3v) is 3.68. The van der Waals surface area contributed by atoms with Crippen LogP contribution in [0.5, 0.6) is 0 Å². The van der Waals surface area contributed by atoms with Crippen LogP contribution in [-0.2, 0) is 5.54 Å². The van der Waals surface area contributed by atoms with Crippen molar-refractivity contribution in [1.82, 2.24) is 0 Å². The van der Waals surface area contributed by atoms with E-state index >= 15 is 0 Å². The quantitative estimate of drug-likeness (QED) is 0.878. The smallest absolute Gasteiger partial charge is 0.0651 e. The van der Waals surface area contributed by atoms with Crippen LogP contribution in [0, 0.1) is 0 Å². The van der Waals surface area contributed by atoms with Crippen molar-refractivity contribution >= 4 is 27.5 Å². The highest BCUT2D eigenvalue weighted by molar-refractivity contribution is 9.10. The first-order valence-corrected chi connectivity index (χ1v) is 6.49. The number of hydrogen-bond donors (Lipinski definition) is 1. The van der Waals surface area contributed by atoms with E-state index in [0.29, 0.717) is 5.02 Å². The Kier molecular flexibility index (Phi) is 3.57. The molecular formula is C14H13BrClN. The van der Waals surface area contributed by atoms with Crippen LogP contribution in [0.2, 0.25) is 5.02 Å². The average Bonchev–Trinajstić information content (AvgIpc) is 2.29. The van der Waals surface area contributed by atoms with Gasteiger partial charge in [0.15, 0.2) is 0 Å². The van der Waals surface area contributed by atoms with E-state index in [9.17, 15) is 0 Å². The molecule has 0 radical (unpaired) electrons. The first kappa shape index (κ1) is 12.6. The van der Waals surface area contributed by atoms with E-state index in [2.05, 4.69) is 15.9 Å². The first-order chi connectivity index (χ1) is 8.01. The largest absolute Gasteiger partial charge is 0.318 e. The van der Waals surface area contributed by atoms with Gasteiger partial charge in [0.05, 0.1) is 5.54 Å². The monoisotopic (exact) mass is 309 g/mol. The Morgan fingerprint density at radius 3 is 2.47 bits per heavy atom. The molecule has 88 valence electrons. The van der Waals surface area contributed by atoms with Crippen molar-refractivity contribution < 1.29 is 0 Å². The van der Waals surface area contributed by atoms with Gasteiger partial charge in [0.2, 0.25) is 0 Å². The van der Waals surface area contributed by atoms with Gasteiger partial charge in [0.1, 0.15) is 0 Å². The van der Waals surface area contributed by atoms with Gasteiger partial charge in [-0.15, -0.1) is 0 Å². The normalized spacial score (nSPS) is 14.4. The lowest BCUT2D eigenvalue weighted by atomic mass is 9.86. The van der Waals surface area contributed by atoms with Gasteiger partial charge in [-0.05, 0) is 36.2 Å². The van der Waals surface area contributed by atoms with Gasteiger partial charge >= 0.3 is 0 Å². The minimum atomic E-state index is -0.595. The lowest BCUT2D eigenvalue weighted by molar-refractivity contribution is 0.603. The SMILES string of the molecule is CC(N)(c1cccc(Br)c1)c1ccccc1Cl. The molecule has 0 spiro atoms. The summed E-state index contributed by atoms with van der Waals surface area (Å²) in [5.41, 5.74) is 7.79. The van der Waals surface area contributed by atoms with Gasteiger partial charge in [-0.25, -0.2) is 0 Å². The molecule has 1 atom stereocenters. The third-order valence-electron chi connectivity index (χ3n) is 2.86. The molecule has 2 rings (SSSR count). The van der Waals surface area contributed by atoms with Crippen LogP contribution in [0.25, 0.3) is 0 Å². The molecule has 0 bridgehead atoms. The molecule has 17 heavy (non-hydrogen) atoms. The maximum atomic E-state index is 6.42. The number of nitrogens with two attached hydrogens (primary N) is 1. The summed E-state index contributed by atoms with van der Waals surface area (Å²) in [4.78, 5) is 0. The summed E-state index contributed by atoms with van der Waals surface area (Å²) in [7, 11) is 0. The zero-order chi connectivity index (χ0) is 12.5. The summed E-state index contributed by atoms with van der Waals surface area (Å²) in [5, 5.41) is 0.692. The van der Waals surface area contributed by atoms with Crippen LogP contribution in [0.15, 0.2) is 53.0 Å². The minimum Gasteiger partial charge on any atom is -0.318 e. The molecule has 0 fully saturated rings. The molecule has 0 aromatic heterocycles. The molecule has 2 N–H and O–H groups in total. The second-order valence-electron chi connectivity index (χ2n) is 4.19. The van der Waals surface area contributed by atoms with Crippen molar-refractivity contribution in [2.75, 3.05) is 0 Å². The van der Waals surface area contributed by atoms with Crippen LogP contribution in [0.3, 0.4) is 0 Å². The Morgan fingerprint density at radius 1 is 1.12 bits per heavy atom. The third kappa shape index (κ3) is 2.54. The van der Waals surface area contributed by atoms with Gasteiger partial charge in [0.25, 0.3) is 0 Å². The number of rotatable bonds is 2. The van der Waals surface area contributed by atoms with Crippen LogP contribution in [0.1, 0.15) is 18.1 Å². The van der Waals surface area contributed by atoms with Crippen molar-refractivity contribution in [2.45, 2.75) is 12.5 Å². The Labute approximate surface area is 115 Å². The summed E-state index contributed by atoms with van der Waals surface area (Å²) in [6, 6.07) is 15.7. The number of benzene rings is 2. The first-order valence-electron chi connectivity index (χ1n) is 5.32. The molecule has 0 amide bonds. The number of halogens is 2. The van der Waals surface area contributed by atoms with Gasteiger partial charge in [-0.1, -0.05) is 57.9 Å². The highest BCUT2D eigenvalue weighted by Crippen LogP contribution is 2.32. The van der Waals surface area contributed by atoms with Crippen LogP contribution in [-0.4, -0.2) is 0 Å². The zero-order valence-corrected chi connectivity index (χ0v) is 11.8. The topological polar surface area (TPSA) is 26.0 Å². The Morgan fingerprint density at radius 2 is 1.82 bits per heavy atom. The lowest BCUT2D eigenvalue weighted by Gasteiger charge is -2.27. The minimum absolute atomic E-state index is 0.595. The molecule has 1 nitrogen and oxygen atoms in total. The van der Waals surface area contributed by atoms with Gasteiger partial charge in [-0.2, -0.15) is 0 Å². The fourth-order valence-corrected chi connectivity index (χ4v) is 2.58. The molecule has 3 heteroatoms. The summed E-state index contributed by atoms with van der Waals surface area (Å²) in [6.45, 7) is 1.97. The highest BCUT2D eigenvalue weighted by Gasteiger charge is 2.25. The Hall–Kier alpha value is -0.830. The summed E-state index contributed by atoms with van der Waals surface area (Å²) in [6.07, 6.45) is 0. The molecule has 0 aliphatic rings. The molecule has 0 aliphatic heterocycles. The molecule has 0 heterocycles. The van der Waals surface area contributed by atoms with E-state index in [1.165, 1.54) is 0 Å². The van der Waals surface area contributed by atoms with Crippen molar-refractivity contribution in [1.29, 1.82) is 0 Å². The molecule has 2 aromatic rings. The molecule has 2 aromatic carbocycles. The van der Waals surface area contributed by atoms with Gasteiger partial charge < -0.3 is 5.73 Å². The summed E-state index contributed by atoms with van der Waals surface area (Å²) in [5.74, 6) is 0. The average molecular weight is 311 g/mol. The lowest BCUT2D eigenvalue weighted by Crippen LogP contribution is -2.34. The predicted octanol–water partition coefficient (Wildman–Crippen LogP) is 4.32. The van der Waals surface area contributed by atoms with Gasteiger partial charge in [-0.3, -0.25) is 0 Å². The van der Waals surface area contributed by atoms with Crippen molar-refractivity contribution in [3.05, 3.63) is 69.2 Å². The Bertz CT molecular complexity index is 537. The van der Waals surface area contributed by atoms with Crippen LogP contribution in [0.4, 0.5) is 0 Å². The maximum absolute atomic E-state index is 6.42. The van der Waals surface area contributed by atoms with E-state index in [1.807, 2.05) is 55.5 Å². The zero-order valence-electron chi connectivity index (χ0n) is 9.45. The van der Waals surface area contributed by atoms with Crippen LogP contribution < -0.4 is 5.73 Å². The Balaban J connectivity index is 2.53. The standard InChI is InChI=1S/C14H13BrClN/c1-14(17,10-5-4-6-11(15)9-10)12-7-2-3-8-13(12)16/h2-9H,17H2,1H3. The second kappa shape index (κ2) is 4.81. The van der Waals surface area contributed by atoms with E-state index in [0.717, 1.165) is 15.6 Å². The molecular weight excluding hydrogens is 298 g/mol. The van der Waals surface area contributed by atoms with Crippen molar-refractivity contribution in [3.8, 4) is 0 Å². The van der Waals surface area contributed by atoms with E-state index < -0.39 is 5.54 Å². The van der Waals surface area contributed by atoms with Crippen molar-refractivity contribution in [3.63, 3.8) is 0 Å². The predicted molar refractivity (Wildman–Crippen MR) is 76.2 cm³/mol. The van der Waals surface area contributed by atoms with Gasteiger partial charge in [0, 0.05) is 9.50 Å². The number of hydrogen-bond acceptors (Lipinski definition) is 1. The van der Waals surface area contributed by atoms with E-state index in [4.69, 9.17) is 17.3 Å². The summed E-state index contributed by atoms with van der Waals surface area (Å²) >= 11 is 9.66. The highest BCUT2D eigenvalue weighted by atomic mass is 79.9. The van der Waals surface area contributed by atoms with Crippen LogP contribution >= 0.6 is 27.5 Å². The summed E-state index contributed by atoms with van der Waals surface area (Å²) < 4.78 is 1.01. The molecule has 0 saturated carbocycles. The maximum Gasteiger partial charge on any atom is 0.0651 e. The van der Waals surface area contributed by atoms with E-state index in [-0.39, 0.29) is 0 Å². The molecule has 0 saturated heterocycles. The fourth-order valence-electron chi connectivity index (χ4n) is 1.85. The molecule has 0 aliphatic carbocycles. The molecule has 1 unspecified atom stereocenters.